The normalized spacial score (nSPS) is 11.8. The summed E-state index contributed by atoms with van der Waals surface area (Å²) in [6.45, 7) is 13.5. The molecule has 0 aliphatic heterocycles. The maximum atomic E-state index is 8.72. The largest absolute Gasteiger partial charge is 0.198 e. The number of nitrogens with zero attached hydrogens (tertiary/aromatic N) is 1. The van der Waals surface area contributed by atoms with Crippen molar-refractivity contribution in [1.82, 2.24) is 0 Å². The fourth-order valence-corrected chi connectivity index (χ4v) is 2.43. The molecule has 0 aliphatic carbocycles. The Morgan fingerprint density at radius 3 is 1.80 bits per heavy atom. The topological polar surface area (TPSA) is 23.8 Å². The third-order valence-corrected chi connectivity index (χ3v) is 3.67. The Morgan fingerprint density at radius 2 is 1.45 bits per heavy atom. The zero-order chi connectivity index (χ0) is 15.3. The van der Waals surface area contributed by atoms with Crippen LogP contribution in [0.3, 0.4) is 0 Å². The fourth-order valence-electron chi connectivity index (χ4n) is 2.43. The van der Waals surface area contributed by atoms with Gasteiger partial charge in [0.1, 0.15) is 0 Å². The molecule has 0 unspecified atom stereocenters. The van der Waals surface area contributed by atoms with Gasteiger partial charge in [-0.15, -0.1) is 0 Å². The molecular formula is C19H27N. The van der Waals surface area contributed by atoms with Gasteiger partial charge >= 0.3 is 0 Å². The van der Waals surface area contributed by atoms with E-state index in [0.29, 0.717) is 24.2 Å². The summed E-state index contributed by atoms with van der Waals surface area (Å²) < 4.78 is 0. The number of allylic oxidation sites excluding steroid dienone is 1. The zero-order valence-electron chi connectivity index (χ0n) is 13.7. The highest BCUT2D eigenvalue weighted by Gasteiger charge is 2.15. The minimum absolute atomic E-state index is 0.473. The van der Waals surface area contributed by atoms with E-state index < -0.39 is 0 Å². The summed E-state index contributed by atoms with van der Waals surface area (Å²) in [5, 5.41) is 8.72. The van der Waals surface area contributed by atoms with Gasteiger partial charge in [0, 0.05) is 0 Å². The molecule has 0 saturated heterocycles. The summed E-state index contributed by atoms with van der Waals surface area (Å²) in [7, 11) is 0. The predicted molar refractivity (Wildman–Crippen MR) is 88.0 cm³/mol. The van der Waals surface area contributed by atoms with Gasteiger partial charge in [0.05, 0.1) is 12.5 Å². The van der Waals surface area contributed by atoms with Gasteiger partial charge in [-0.2, -0.15) is 5.26 Å². The van der Waals surface area contributed by atoms with Crippen LogP contribution in [0.25, 0.3) is 6.08 Å². The van der Waals surface area contributed by atoms with Gasteiger partial charge in [-0.1, -0.05) is 65.8 Å². The highest BCUT2D eigenvalue weighted by atomic mass is 14.2. The Balaban J connectivity index is 3.47. The summed E-state index contributed by atoms with van der Waals surface area (Å²) in [6, 6.07) is 6.86. The monoisotopic (exact) mass is 269 g/mol. The molecule has 1 aromatic carbocycles. The first-order valence-corrected chi connectivity index (χ1v) is 7.59. The standard InChI is InChI=1S/C19H27N/c1-13(2)16-11-18(14(3)4)17(9-7-8-10-20)19(12-16)15(5)6/h7,9,11-15H,8H2,1-6H3. The lowest BCUT2D eigenvalue weighted by Crippen LogP contribution is -2.03. The molecule has 1 aromatic rings. The van der Waals surface area contributed by atoms with E-state index in [1.807, 2.05) is 6.08 Å². The molecule has 1 rings (SSSR count). The zero-order valence-corrected chi connectivity index (χ0v) is 13.7. The second kappa shape index (κ2) is 7.29. The van der Waals surface area contributed by atoms with E-state index >= 15 is 0 Å². The number of rotatable bonds is 5. The van der Waals surface area contributed by atoms with Gasteiger partial charge < -0.3 is 0 Å². The van der Waals surface area contributed by atoms with Crippen LogP contribution in [0.5, 0.6) is 0 Å². The molecule has 0 bridgehead atoms. The van der Waals surface area contributed by atoms with Gasteiger partial charge in [0.2, 0.25) is 0 Å². The molecule has 0 fully saturated rings. The van der Waals surface area contributed by atoms with Crippen LogP contribution in [-0.2, 0) is 0 Å². The molecule has 1 nitrogen and oxygen atoms in total. The first-order valence-electron chi connectivity index (χ1n) is 7.59. The van der Waals surface area contributed by atoms with Crippen LogP contribution < -0.4 is 0 Å². The van der Waals surface area contributed by atoms with Crippen LogP contribution in [0.1, 0.15) is 88.0 Å². The molecule has 0 aromatic heterocycles. The number of hydrogen-bond acceptors (Lipinski definition) is 1. The van der Waals surface area contributed by atoms with Crippen molar-refractivity contribution in [2.75, 3.05) is 0 Å². The number of nitriles is 1. The minimum Gasteiger partial charge on any atom is -0.198 e. The van der Waals surface area contributed by atoms with Crippen LogP contribution in [-0.4, -0.2) is 0 Å². The highest BCUT2D eigenvalue weighted by molar-refractivity contribution is 5.61. The molecular weight excluding hydrogens is 242 g/mol. The fraction of sp³-hybridized carbons (Fsp3) is 0.526. The van der Waals surface area contributed by atoms with Crippen molar-refractivity contribution < 1.29 is 0 Å². The number of hydrogen-bond donors (Lipinski definition) is 0. The lowest BCUT2D eigenvalue weighted by Gasteiger charge is -2.21. The first-order chi connectivity index (χ1) is 9.38. The van der Waals surface area contributed by atoms with Crippen molar-refractivity contribution >= 4 is 6.08 Å². The lowest BCUT2D eigenvalue weighted by molar-refractivity contribution is 0.801. The van der Waals surface area contributed by atoms with Crippen LogP contribution in [0, 0.1) is 11.3 Å². The summed E-state index contributed by atoms with van der Waals surface area (Å²) in [4.78, 5) is 0. The van der Waals surface area contributed by atoms with E-state index in [1.54, 1.807) is 0 Å². The van der Waals surface area contributed by atoms with Crippen molar-refractivity contribution in [2.24, 2.45) is 0 Å². The van der Waals surface area contributed by atoms with E-state index in [2.05, 4.69) is 65.8 Å². The third-order valence-electron chi connectivity index (χ3n) is 3.67. The van der Waals surface area contributed by atoms with Crippen LogP contribution in [0.2, 0.25) is 0 Å². The van der Waals surface area contributed by atoms with Gasteiger partial charge in [-0.25, -0.2) is 0 Å². The quantitative estimate of drug-likeness (QED) is 0.644. The molecule has 108 valence electrons. The van der Waals surface area contributed by atoms with Crippen LogP contribution in [0.15, 0.2) is 18.2 Å². The van der Waals surface area contributed by atoms with E-state index in [0.717, 1.165) is 0 Å². The average molecular weight is 269 g/mol. The molecule has 0 heterocycles. The van der Waals surface area contributed by atoms with Gasteiger partial charge in [-0.3, -0.25) is 0 Å². The molecule has 1 heteroatoms. The molecule has 20 heavy (non-hydrogen) atoms. The second-order valence-electron chi connectivity index (χ2n) is 6.34. The van der Waals surface area contributed by atoms with Crippen molar-refractivity contribution in [3.63, 3.8) is 0 Å². The van der Waals surface area contributed by atoms with Gasteiger partial charge in [0.15, 0.2) is 0 Å². The predicted octanol–water partition coefficient (Wildman–Crippen LogP) is 5.98. The molecule has 0 N–H and O–H groups in total. The van der Waals surface area contributed by atoms with E-state index in [4.69, 9.17) is 5.26 Å². The SMILES string of the molecule is CC(C)c1cc(C(C)C)c(C=CCC#N)c(C(C)C)c1. The third kappa shape index (κ3) is 3.97. The van der Waals surface area contributed by atoms with E-state index in [1.165, 1.54) is 22.3 Å². The molecule has 0 saturated carbocycles. The summed E-state index contributed by atoms with van der Waals surface area (Å²) >= 11 is 0. The number of benzene rings is 1. The average Bonchev–Trinajstić information content (AvgIpc) is 2.37. The Labute approximate surface area is 124 Å². The minimum atomic E-state index is 0.473. The molecule has 0 atom stereocenters. The van der Waals surface area contributed by atoms with Crippen molar-refractivity contribution in [2.45, 2.75) is 65.7 Å². The van der Waals surface area contributed by atoms with Crippen molar-refractivity contribution in [3.05, 3.63) is 40.5 Å². The van der Waals surface area contributed by atoms with Crippen molar-refractivity contribution in [3.8, 4) is 6.07 Å². The first kappa shape index (κ1) is 16.5. The Hall–Kier alpha value is -1.55. The summed E-state index contributed by atoms with van der Waals surface area (Å²) in [6.07, 6.45) is 4.58. The second-order valence-corrected chi connectivity index (χ2v) is 6.34. The Bertz CT molecular complexity index is 484. The lowest BCUT2D eigenvalue weighted by atomic mass is 9.84. The molecule has 0 aliphatic rings. The van der Waals surface area contributed by atoms with Crippen LogP contribution in [0.4, 0.5) is 0 Å². The molecule has 0 spiro atoms. The van der Waals surface area contributed by atoms with Gasteiger partial charge in [-0.05, 0) is 40.0 Å². The maximum absolute atomic E-state index is 8.72. The molecule has 0 amide bonds. The Kier molecular flexibility index (Phi) is 6.02. The van der Waals surface area contributed by atoms with E-state index in [9.17, 15) is 0 Å². The van der Waals surface area contributed by atoms with Gasteiger partial charge in [0.25, 0.3) is 0 Å². The van der Waals surface area contributed by atoms with E-state index in [-0.39, 0.29) is 0 Å². The summed E-state index contributed by atoms with van der Waals surface area (Å²) in [5.41, 5.74) is 5.52. The highest BCUT2D eigenvalue weighted by Crippen LogP contribution is 2.32. The maximum Gasteiger partial charge on any atom is 0.0663 e. The Morgan fingerprint density at radius 1 is 0.950 bits per heavy atom. The van der Waals surface area contributed by atoms with Crippen LogP contribution >= 0.6 is 0 Å². The van der Waals surface area contributed by atoms with Crippen molar-refractivity contribution in [1.29, 1.82) is 5.26 Å². The smallest absolute Gasteiger partial charge is 0.0663 e. The molecule has 0 radical (unpaired) electrons. The summed E-state index contributed by atoms with van der Waals surface area (Å²) in [5.74, 6) is 1.53.